The standard InChI is InChI=1S/C14H12O5S/c1-18-14(15)11-6-5-9-13(10-11)20(16,17)19-12-7-3-2-4-8-12/h2-10H,1H3. The predicted octanol–water partition coefficient (Wildman–Crippen LogP) is 2.24. The molecule has 0 aliphatic heterocycles. The molecule has 0 aliphatic rings. The average molecular weight is 292 g/mol. The van der Waals surface area contributed by atoms with Crippen molar-refractivity contribution in [2.24, 2.45) is 0 Å². The molecule has 0 aromatic heterocycles. The van der Waals surface area contributed by atoms with E-state index in [0.29, 0.717) is 0 Å². The highest BCUT2D eigenvalue weighted by molar-refractivity contribution is 7.87. The maximum Gasteiger partial charge on any atom is 0.339 e. The monoisotopic (exact) mass is 292 g/mol. The molecule has 0 heterocycles. The maximum absolute atomic E-state index is 12.1. The minimum absolute atomic E-state index is 0.107. The summed E-state index contributed by atoms with van der Waals surface area (Å²) in [7, 11) is -2.76. The molecule has 0 radical (unpaired) electrons. The van der Waals surface area contributed by atoms with Crippen LogP contribution < -0.4 is 4.18 Å². The quantitative estimate of drug-likeness (QED) is 0.638. The van der Waals surface area contributed by atoms with Crippen molar-refractivity contribution in [1.82, 2.24) is 0 Å². The summed E-state index contributed by atoms with van der Waals surface area (Å²) in [5.74, 6) is -0.405. The van der Waals surface area contributed by atoms with Crippen LogP contribution >= 0.6 is 0 Å². The molecule has 5 nitrogen and oxygen atoms in total. The zero-order valence-corrected chi connectivity index (χ0v) is 11.5. The van der Waals surface area contributed by atoms with Crippen LogP contribution in [0.4, 0.5) is 0 Å². The van der Waals surface area contributed by atoms with Crippen LogP contribution in [0, 0.1) is 0 Å². The van der Waals surface area contributed by atoms with E-state index < -0.39 is 16.1 Å². The number of hydrogen-bond donors (Lipinski definition) is 0. The molecule has 0 saturated heterocycles. The number of rotatable bonds is 4. The molecule has 2 rings (SSSR count). The normalized spacial score (nSPS) is 10.8. The van der Waals surface area contributed by atoms with Crippen LogP contribution in [0.5, 0.6) is 5.75 Å². The largest absolute Gasteiger partial charge is 0.465 e. The lowest BCUT2D eigenvalue weighted by atomic mass is 10.2. The number of benzene rings is 2. The highest BCUT2D eigenvalue weighted by atomic mass is 32.2. The maximum atomic E-state index is 12.1. The Bertz CT molecular complexity index is 707. The zero-order chi connectivity index (χ0) is 14.6. The van der Waals surface area contributed by atoms with Crippen LogP contribution in [0.1, 0.15) is 10.4 Å². The number of carbonyl (C=O) groups is 1. The molecule has 104 valence electrons. The summed E-state index contributed by atoms with van der Waals surface area (Å²) in [6.07, 6.45) is 0. The topological polar surface area (TPSA) is 69.7 Å². The van der Waals surface area contributed by atoms with E-state index in [1.165, 1.54) is 43.5 Å². The van der Waals surface area contributed by atoms with Crippen molar-refractivity contribution >= 4 is 16.1 Å². The van der Waals surface area contributed by atoms with Crippen LogP contribution in [0.25, 0.3) is 0 Å². The van der Waals surface area contributed by atoms with Gasteiger partial charge in [-0.3, -0.25) is 0 Å². The number of hydrogen-bond acceptors (Lipinski definition) is 5. The van der Waals surface area contributed by atoms with Gasteiger partial charge in [0.05, 0.1) is 12.7 Å². The summed E-state index contributed by atoms with van der Waals surface area (Å²) >= 11 is 0. The van der Waals surface area contributed by atoms with Crippen molar-refractivity contribution in [3.8, 4) is 5.75 Å². The van der Waals surface area contributed by atoms with Crippen LogP contribution in [0.15, 0.2) is 59.5 Å². The second-order valence-electron chi connectivity index (χ2n) is 3.87. The van der Waals surface area contributed by atoms with Crippen LogP contribution in [0.3, 0.4) is 0 Å². The summed E-state index contributed by atoms with van der Waals surface area (Å²) in [5, 5.41) is 0. The predicted molar refractivity (Wildman–Crippen MR) is 72.0 cm³/mol. The summed E-state index contributed by atoms with van der Waals surface area (Å²) in [6.45, 7) is 0. The Balaban J connectivity index is 2.33. The molecule has 0 unspecified atom stereocenters. The molecule has 2 aromatic carbocycles. The summed E-state index contributed by atoms with van der Waals surface area (Å²) in [5.41, 5.74) is 0.144. The highest BCUT2D eigenvalue weighted by Crippen LogP contribution is 2.19. The van der Waals surface area contributed by atoms with Crippen molar-refractivity contribution < 1.29 is 22.1 Å². The van der Waals surface area contributed by atoms with E-state index in [4.69, 9.17) is 4.18 Å². The van der Waals surface area contributed by atoms with Gasteiger partial charge in [0.25, 0.3) is 0 Å². The van der Waals surface area contributed by atoms with Gasteiger partial charge in [-0.25, -0.2) is 4.79 Å². The Kier molecular flexibility index (Phi) is 4.05. The van der Waals surface area contributed by atoms with E-state index in [-0.39, 0.29) is 16.2 Å². The molecule has 20 heavy (non-hydrogen) atoms. The van der Waals surface area contributed by atoms with Gasteiger partial charge in [0.1, 0.15) is 10.6 Å². The van der Waals surface area contributed by atoms with Gasteiger partial charge in [-0.2, -0.15) is 8.42 Å². The van der Waals surface area contributed by atoms with Gasteiger partial charge in [0.2, 0.25) is 0 Å². The first-order valence-electron chi connectivity index (χ1n) is 5.71. The Hall–Kier alpha value is -2.34. The van der Waals surface area contributed by atoms with Gasteiger partial charge < -0.3 is 8.92 Å². The van der Waals surface area contributed by atoms with Crippen molar-refractivity contribution in [3.05, 3.63) is 60.2 Å². The molecular formula is C14H12O5S. The fourth-order valence-electron chi connectivity index (χ4n) is 1.55. The Morgan fingerprint density at radius 2 is 1.70 bits per heavy atom. The Labute approximate surface area is 116 Å². The van der Waals surface area contributed by atoms with E-state index in [1.807, 2.05) is 0 Å². The fraction of sp³-hybridized carbons (Fsp3) is 0.0714. The van der Waals surface area contributed by atoms with Crippen LogP contribution in [-0.2, 0) is 14.9 Å². The van der Waals surface area contributed by atoms with E-state index >= 15 is 0 Å². The molecule has 6 heteroatoms. The first kappa shape index (κ1) is 14.1. The van der Waals surface area contributed by atoms with Crippen molar-refractivity contribution in [2.75, 3.05) is 7.11 Å². The summed E-state index contributed by atoms with van der Waals surface area (Å²) in [6, 6.07) is 13.6. The van der Waals surface area contributed by atoms with E-state index in [2.05, 4.69) is 4.74 Å². The first-order chi connectivity index (χ1) is 9.53. The number of carbonyl (C=O) groups excluding carboxylic acids is 1. The molecule has 0 amide bonds. The minimum atomic E-state index is -3.99. The summed E-state index contributed by atoms with van der Waals surface area (Å²) in [4.78, 5) is 11.3. The van der Waals surface area contributed by atoms with Gasteiger partial charge in [-0.05, 0) is 30.3 Å². The molecule has 0 spiro atoms. The van der Waals surface area contributed by atoms with Gasteiger partial charge in [-0.15, -0.1) is 0 Å². The van der Waals surface area contributed by atoms with Gasteiger partial charge >= 0.3 is 16.1 Å². The Morgan fingerprint density at radius 3 is 2.35 bits per heavy atom. The lowest BCUT2D eigenvalue weighted by Gasteiger charge is -2.07. The number of methoxy groups -OCH3 is 1. The van der Waals surface area contributed by atoms with Gasteiger partial charge in [0, 0.05) is 0 Å². The van der Waals surface area contributed by atoms with Crippen LogP contribution in [0.2, 0.25) is 0 Å². The molecule has 0 saturated carbocycles. The lowest BCUT2D eigenvalue weighted by Crippen LogP contribution is -2.11. The molecule has 0 atom stereocenters. The summed E-state index contributed by atoms with van der Waals surface area (Å²) < 4.78 is 33.7. The van der Waals surface area contributed by atoms with Gasteiger partial charge in [-0.1, -0.05) is 24.3 Å². The van der Waals surface area contributed by atoms with Gasteiger partial charge in [0.15, 0.2) is 0 Å². The second kappa shape index (κ2) is 5.75. The van der Waals surface area contributed by atoms with Crippen molar-refractivity contribution in [3.63, 3.8) is 0 Å². The minimum Gasteiger partial charge on any atom is -0.465 e. The molecule has 2 aromatic rings. The zero-order valence-electron chi connectivity index (χ0n) is 10.6. The third-order valence-corrected chi connectivity index (χ3v) is 3.74. The SMILES string of the molecule is COC(=O)c1cccc(S(=O)(=O)Oc2ccccc2)c1. The number of para-hydroxylation sites is 1. The third-order valence-electron chi connectivity index (χ3n) is 2.49. The van der Waals surface area contributed by atoms with E-state index in [0.717, 1.165) is 0 Å². The average Bonchev–Trinajstić information content (AvgIpc) is 2.47. The molecule has 0 aliphatic carbocycles. The highest BCUT2D eigenvalue weighted by Gasteiger charge is 2.18. The fourth-order valence-corrected chi connectivity index (χ4v) is 2.52. The molecule has 0 fully saturated rings. The van der Waals surface area contributed by atoms with E-state index in [1.54, 1.807) is 18.2 Å². The smallest absolute Gasteiger partial charge is 0.339 e. The molecular weight excluding hydrogens is 280 g/mol. The number of ether oxygens (including phenoxy) is 1. The van der Waals surface area contributed by atoms with Crippen LogP contribution in [-0.4, -0.2) is 21.5 Å². The lowest BCUT2D eigenvalue weighted by molar-refractivity contribution is 0.0600. The number of esters is 1. The Morgan fingerprint density at radius 1 is 1.00 bits per heavy atom. The van der Waals surface area contributed by atoms with E-state index in [9.17, 15) is 13.2 Å². The molecule has 0 bridgehead atoms. The second-order valence-corrected chi connectivity index (χ2v) is 5.42. The van der Waals surface area contributed by atoms with Crippen molar-refractivity contribution in [2.45, 2.75) is 4.90 Å². The van der Waals surface area contributed by atoms with Crippen molar-refractivity contribution in [1.29, 1.82) is 0 Å². The third kappa shape index (κ3) is 3.16. The first-order valence-corrected chi connectivity index (χ1v) is 7.12. The molecule has 0 N–H and O–H groups in total.